The van der Waals surface area contributed by atoms with E-state index in [2.05, 4.69) is 32.6 Å². The summed E-state index contributed by atoms with van der Waals surface area (Å²) < 4.78 is 17.8. The van der Waals surface area contributed by atoms with Crippen molar-refractivity contribution >= 4 is 27.2 Å². The van der Waals surface area contributed by atoms with E-state index in [4.69, 9.17) is 0 Å². The van der Waals surface area contributed by atoms with Gasteiger partial charge in [-0.3, -0.25) is 4.68 Å². The molecule has 0 radical (unpaired) electrons. The molecule has 1 aliphatic rings. The quantitative estimate of drug-likeness (QED) is 0.588. The van der Waals surface area contributed by atoms with Crippen molar-refractivity contribution in [1.82, 2.24) is 29.7 Å². The normalized spacial score (nSPS) is 21.0. The molecule has 0 spiro atoms. The molecule has 0 saturated carbocycles. The molecule has 0 amide bonds. The van der Waals surface area contributed by atoms with Crippen LogP contribution in [0.2, 0.25) is 0 Å². The molecule has 4 aromatic heterocycles. The van der Waals surface area contributed by atoms with Crippen molar-refractivity contribution in [2.75, 3.05) is 13.1 Å². The molecule has 5 rings (SSSR count). The van der Waals surface area contributed by atoms with Gasteiger partial charge in [0.25, 0.3) is 0 Å². The molecule has 0 unspecified atom stereocenters. The summed E-state index contributed by atoms with van der Waals surface area (Å²) in [6.07, 6.45) is 3.77. The molecule has 134 valence electrons. The molecule has 0 aromatic carbocycles. The number of nitrogens with one attached hydrogen (secondary N) is 1. The highest BCUT2D eigenvalue weighted by atomic mass is 32.1. The molecular formula is C18H19FN6S. The molecule has 0 bridgehead atoms. The molecule has 1 N–H and O–H groups in total. The lowest BCUT2D eigenvalue weighted by Gasteiger charge is -2.26. The van der Waals surface area contributed by atoms with Crippen LogP contribution in [0.4, 0.5) is 4.39 Å². The van der Waals surface area contributed by atoms with Gasteiger partial charge < -0.3 is 5.32 Å². The number of aryl methyl sites for hydroxylation is 2. The Balaban J connectivity index is 1.53. The third-order valence-electron chi connectivity index (χ3n) is 4.91. The Kier molecular flexibility index (Phi) is 3.58. The first-order valence-electron chi connectivity index (χ1n) is 8.76. The smallest absolute Gasteiger partial charge is 0.156 e. The molecule has 26 heavy (non-hydrogen) atoms. The van der Waals surface area contributed by atoms with Gasteiger partial charge in [-0.2, -0.15) is 10.2 Å². The fraction of sp³-hybridized carbons (Fsp3) is 0.389. The molecule has 2 atom stereocenters. The SMILES string of the molecule is Cc1cn2nc(-c3cc4cn([C@H]5CCNC[C@H]5F)nc4s3)cc(C)c2n1. The lowest BCUT2D eigenvalue weighted by molar-refractivity contribution is 0.174. The van der Waals surface area contributed by atoms with Crippen LogP contribution >= 0.6 is 11.3 Å². The molecule has 1 aliphatic heterocycles. The average molecular weight is 370 g/mol. The summed E-state index contributed by atoms with van der Waals surface area (Å²) in [4.78, 5) is 6.48. The Morgan fingerprint density at radius 1 is 1.23 bits per heavy atom. The van der Waals surface area contributed by atoms with Crippen LogP contribution in [0.3, 0.4) is 0 Å². The van der Waals surface area contributed by atoms with Gasteiger partial charge in [-0.15, -0.1) is 11.3 Å². The topological polar surface area (TPSA) is 60.0 Å². The predicted octanol–water partition coefficient (Wildman–Crippen LogP) is 3.30. The number of rotatable bonds is 2. The largest absolute Gasteiger partial charge is 0.314 e. The van der Waals surface area contributed by atoms with Crippen LogP contribution in [-0.2, 0) is 0 Å². The minimum atomic E-state index is -0.895. The van der Waals surface area contributed by atoms with Gasteiger partial charge in [0.2, 0.25) is 0 Å². The van der Waals surface area contributed by atoms with Crippen molar-refractivity contribution in [3.63, 3.8) is 0 Å². The van der Waals surface area contributed by atoms with E-state index < -0.39 is 6.17 Å². The number of alkyl halides is 1. The zero-order valence-electron chi connectivity index (χ0n) is 14.6. The van der Waals surface area contributed by atoms with E-state index in [9.17, 15) is 4.39 Å². The Bertz CT molecular complexity index is 1080. The van der Waals surface area contributed by atoms with E-state index in [0.717, 1.165) is 50.7 Å². The van der Waals surface area contributed by atoms with Gasteiger partial charge >= 0.3 is 0 Å². The summed E-state index contributed by atoms with van der Waals surface area (Å²) in [6.45, 7) is 5.24. The molecular weight excluding hydrogens is 351 g/mol. The first-order chi connectivity index (χ1) is 12.6. The van der Waals surface area contributed by atoms with Crippen LogP contribution < -0.4 is 5.32 Å². The summed E-state index contributed by atoms with van der Waals surface area (Å²) in [6, 6.07) is 3.98. The minimum absolute atomic E-state index is 0.176. The van der Waals surface area contributed by atoms with E-state index in [-0.39, 0.29) is 6.04 Å². The van der Waals surface area contributed by atoms with Crippen molar-refractivity contribution in [2.45, 2.75) is 32.5 Å². The van der Waals surface area contributed by atoms with Crippen LogP contribution in [0.15, 0.2) is 24.5 Å². The van der Waals surface area contributed by atoms with Gasteiger partial charge in [0.05, 0.1) is 22.8 Å². The highest BCUT2D eigenvalue weighted by Gasteiger charge is 2.27. The lowest BCUT2D eigenvalue weighted by atomic mass is 10.1. The highest BCUT2D eigenvalue weighted by Crippen LogP contribution is 2.34. The Labute approximate surface area is 153 Å². The number of hydrogen-bond donors (Lipinski definition) is 1. The summed E-state index contributed by atoms with van der Waals surface area (Å²) in [5.41, 5.74) is 3.84. The van der Waals surface area contributed by atoms with E-state index in [1.54, 1.807) is 16.0 Å². The number of imidazole rings is 1. The Morgan fingerprint density at radius 2 is 2.12 bits per heavy atom. The van der Waals surface area contributed by atoms with E-state index in [0.29, 0.717) is 6.54 Å². The van der Waals surface area contributed by atoms with E-state index in [1.165, 1.54) is 0 Å². The average Bonchev–Trinajstić information content (AvgIpc) is 3.27. The number of halogens is 1. The first-order valence-corrected chi connectivity index (χ1v) is 9.57. The maximum Gasteiger partial charge on any atom is 0.156 e. The summed E-state index contributed by atoms with van der Waals surface area (Å²) >= 11 is 1.59. The van der Waals surface area contributed by atoms with Crippen molar-refractivity contribution < 1.29 is 4.39 Å². The zero-order chi connectivity index (χ0) is 17.8. The number of aromatic nitrogens is 5. The van der Waals surface area contributed by atoms with Gasteiger partial charge in [0.15, 0.2) is 5.65 Å². The van der Waals surface area contributed by atoms with Crippen molar-refractivity contribution in [3.05, 3.63) is 35.8 Å². The van der Waals surface area contributed by atoms with Crippen LogP contribution in [0.5, 0.6) is 0 Å². The van der Waals surface area contributed by atoms with Crippen molar-refractivity contribution in [3.8, 4) is 10.6 Å². The molecule has 8 heteroatoms. The molecule has 4 aromatic rings. The molecule has 1 saturated heterocycles. The Morgan fingerprint density at radius 3 is 2.92 bits per heavy atom. The monoisotopic (exact) mass is 370 g/mol. The second kappa shape index (κ2) is 5.85. The van der Waals surface area contributed by atoms with Crippen LogP contribution in [-0.4, -0.2) is 43.6 Å². The number of fused-ring (bicyclic) bond motifs is 2. The van der Waals surface area contributed by atoms with Crippen LogP contribution in [0, 0.1) is 13.8 Å². The fourth-order valence-corrected chi connectivity index (χ4v) is 4.57. The number of nitrogens with zero attached hydrogens (tertiary/aromatic N) is 5. The third-order valence-corrected chi connectivity index (χ3v) is 5.97. The number of hydrogen-bond acceptors (Lipinski definition) is 5. The number of piperidine rings is 1. The van der Waals surface area contributed by atoms with Crippen molar-refractivity contribution in [1.29, 1.82) is 0 Å². The molecule has 0 aliphatic carbocycles. The summed E-state index contributed by atoms with van der Waals surface area (Å²) in [5.74, 6) is 0. The maximum atomic E-state index is 14.2. The maximum absolute atomic E-state index is 14.2. The first kappa shape index (κ1) is 15.9. The molecule has 1 fully saturated rings. The van der Waals surface area contributed by atoms with Gasteiger partial charge in [-0.05, 0) is 44.5 Å². The van der Waals surface area contributed by atoms with Gasteiger partial charge in [-0.25, -0.2) is 13.9 Å². The molecule has 6 nitrogen and oxygen atoms in total. The van der Waals surface area contributed by atoms with E-state index in [1.807, 2.05) is 30.8 Å². The zero-order valence-corrected chi connectivity index (χ0v) is 15.4. The number of thiophene rings is 1. The van der Waals surface area contributed by atoms with Crippen LogP contribution in [0.25, 0.3) is 26.4 Å². The lowest BCUT2D eigenvalue weighted by Crippen LogP contribution is -2.39. The summed E-state index contributed by atoms with van der Waals surface area (Å²) in [7, 11) is 0. The van der Waals surface area contributed by atoms with Gasteiger partial charge in [-0.1, -0.05) is 0 Å². The predicted molar refractivity (Wildman–Crippen MR) is 100 cm³/mol. The van der Waals surface area contributed by atoms with Crippen molar-refractivity contribution in [2.24, 2.45) is 0 Å². The van der Waals surface area contributed by atoms with Gasteiger partial charge in [0, 0.05) is 18.1 Å². The second-order valence-corrected chi connectivity index (χ2v) is 7.95. The van der Waals surface area contributed by atoms with Crippen LogP contribution in [0.1, 0.15) is 23.7 Å². The van der Waals surface area contributed by atoms with Gasteiger partial charge in [0.1, 0.15) is 16.7 Å². The minimum Gasteiger partial charge on any atom is -0.314 e. The fourth-order valence-electron chi connectivity index (χ4n) is 3.61. The second-order valence-electron chi connectivity index (χ2n) is 6.92. The highest BCUT2D eigenvalue weighted by molar-refractivity contribution is 7.21. The molecule has 5 heterocycles. The third kappa shape index (κ3) is 2.52. The Hall–Kier alpha value is -2.32. The van der Waals surface area contributed by atoms with E-state index >= 15 is 0 Å². The summed E-state index contributed by atoms with van der Waals surface area (Å²) in [5, 5.41) is 13.5. The standard InChI is InChI=1S/C18H19FN6S/c1-10-5-14(22-25-8-11(2)21-17(10)25)16-6-12-9-24(23-18(12)26-16)15-3-4-20-7-13(15)19/h5-6,8-9,13,15,20H,3-4,7H2,1-2H3/t13-,15+/m1/s1.